The molecule has 0 aromatic rings. The molecule has 0 fully saturated rings. The van der Waals surface area contributed by atoms with Crippen molar-refractivity contribution >= 4 is 17.6 Å². The van der Waals surface area contributed by atoms with E-state index < -0.39 is 5.97 Å². The van der Waals surface area contributed by atoms with E-state index in [1.165, 1.54) is 0 Å². The Bertz CT molecular complexity index is 115. The lowest BCUT2D eigenvalue weighted by Gasteiger charge is -2.15. The van der Waals surface area contributed by atoms with Crippen molar-refractivity contribution < 1.29 is 9.90 Å². The Kier molecular flexibility index (Phi) is 6.33. The van der Waals surface area contributed by atoms with Crippen molar-refractivity contribution in [2.45, 2.75) is 32.6 Å². The number of hydrogen-bond acceptors (Lipinski definition) is 2. The number of carboxylic acids is 1. The fourth-order valence-electron chi connectivity index (χ4n) is 0.962. The maximum Gasteiger partial charge on any atom is 0.0445 e. The van der Waals surface area contributed by atoms with Crippen molar-refractivity contribution in [2.24, 2.45) is 5.92 Å². The maximum absolute atomic E-state index is 10.4. The zero-order valence-corrected chi connectivity index (χ0v) is 7.56. The predicted octanol–water partition coefficient (Wildman–Crippen LogP) is 1.17. The van der Waals surface area contributed by atoms with Crippen LogP contribution in [0.3, 0.4) is 0 Å². The van der Waals surface area contributed by atoms with E-state index in [0.717, 1.165) is 12.8 Å². The van der Waals surface area contributed by atoms with Gasteiger partial charge in [0.1, 0.15) is 0 Å². The van der Waals surface area contributed by atoms with E-state index in [2.05, 4.69) is 0 Å². The molecule has 0 aromatic heterocycles. The summed E-state index contributed by atoms with van der Waals surface area (Å²) in [6.07, 6.45) is 3.19. The SMILES string of the molecule is CCCCC(CCCl)C(=O)[O-]. The van der Waals surface area contributed by atoms with Crippen LogP contribution < -0.4 is 5.11 Å². The van der Waals surface area contributed by atoms with E-state index >= 15 is 0 Å². The van der Waals surface area contributed by atoms with Crippen LogP contribution in [0, 0.1) is 5.92 Å². The molecule has 0 saturated heterocycles. The molecule has 0 aliphatic heterocycles. The summed E-state index contributed by atoms with van der Waals surface area (Å²) >= 11 is 5.43. The first kappa shape index (κ1) is 10.8. The standard InChI is InChI=1S/C8H15ClO2/c1-2-3-4-7(5-6-9)8(10)11/h7H,2-6H2,1H3,(H,10,11)/p-1. The van der Waals surface area contributed by atoms with Crippen molar-refractivity contribution in [1.29, 1.82) is 0 Å². The first-order valence-electron chi connectivity index (χ1n) is 3.99. The number of unbranched alkanes of at least 4 members (excludes halogenated alkanes) is 1. The summed E-state index contributed by atoms with van der Waals surface area (Å²) in [5.41, 5.74) is 0. The van der Waals surface area contributed by atoms with Gasteiger partial charge in [-0.2, -0.15) is 0 Å². The number of rotatable bonds is 6. The number of alkyl halides is 1. The molecule has 0 N–H and O–H groups in total. The summed E-state index contributed by atoms with van der Waals surface area (Å²) in [6.45, 7) is 2.03. The number of carbonyl (C=O) groups excluding carboxylic acids is 1. The highest BCUT2D eigenvalue weighted by Gasteiger charge is 2.07. The van der Waals surface area contributed by atoms with E-state index in [1.54, 1.807) is 0 Å². The van der Waals surface area contributed by atoms with Gasteiger partial charge in [-0.3, -0.25) is 0 Å². The monoisotopic (exact) mass is 177 g/mol. The number of carboxylic acid groups (broad SMARTS) is 1. The molecule has 0 amide bonds. The van der Waals surface area contributed by atoms with Gasteiger partial charge in [0.15, 0.2) is 0 Å². The van der Waals surface area contributed by atoms with Crippen LogP contribution in [-0.2, 0) is 4.79 Å². The molecule has 0 heterocycles. The van der Waals surface area contributed by atoms with Crippen LogP contribution in [0.15, 0.2) is 0 Å². The Morgan fingerprint density at radius 2 is 2.18 bits per heavy atom. The maximum atomic E-state index is 10.4. The molecule has 0 aliphatic carbocycles. The van der Waals surface area contributed by atoms with Gasteiger partial charge in [0, 0.05) is 11.8 Å². The van der Waals surface area contributed by atoms with Gasteiger partial charge in [0.25, 0.3) is 0 Å². The molecular weight excluding hydrogens is 164 g/mol. The minimum atomic E-state index is -0.959. The molecule has 66 valence electrons. The fraction of sp³-hybridized carbons (Fsp3) is 0.875. The highest BCUT2D eigenvalue weighted by Crippen LogP contribution is 2.12. The van der Waals surface area contributed by atoms with E-state index in [0.29, 0.717) is 18.7 Å². The van der Waals surface area contributed by atoms with Gasteiger partial charge in [-0.1, -0.05) is 19.8 Å². The quantitative estimate of drug-likeness (QED) is 0.572. The smallest absolute Gasteiger partial charge is 0.0445 e. The Labute approximate surface area is 72.6 Å². The zero-order valence-electron chi connectivity index (χ0n) is 6.81. The zero-order chi connectivity index (χ0) is 8.69. The van der Waals surface area contributed by atoms with Gasteiger partial charge in [-0.05, 0) is 18.8 Å². The molecule has 0 radical (unpaired) electrons. The van der Waals surface area contributed by atoms with Crippen LogP contribution in [0.1, 0.15) is 32.6 Å². The summed E-state index contributed by atoms with van der Waals surface area (Å²) in [5.74, 6) is -0.894. The summed E-state index contributed by atoms with van der Waals surface area (Å²) < 4.78 is 0. The molecule has 1 unspecified atom stereocenters. The Hall–Kier alpha value is -0.240. The van der Waals surface area contributed by atoms with Gasteiger partial charge in [0.2, 0.25) is 0 Å². The molecule has 0 rings (SSSR count). The number of hydrogen-bond donors (Lipinski definition) is 0. The van der Waals surface area contributed by atoms with Crippen LogP contribution >= 0.6 is 11.6 Å². The van der Waals surface area contributed by atoms with Crippen molar-refractivity contribution in [1.82, 2.24) is 0 Å². The van der Waals surface area contributed by atoms with Crippen LogP contribution in [0.25, 0.3) is 0 Å². The van der Waals surface area contributed by atoms with Gasteiger partial charge in [-0.15, -0.1) is 11.6 Å². The summed E-state index contributed by atoms with van der Waals surface area (Å²) in [4.78, 5) is 10.4. The molecule has 11 heavy (non-hydrogen) atoms. The lowest BCUT2D eigenvalue weighted by molar-refractivity contribution is -0.311. The van der Waals surface area contributed by atoms with Crippen LogP contribution in [0.2, 0.25) is 0 Å². The molecule has 3 heteroatoms. The van der Waals surface area contributed by atoms with Gasteiger partial charge >= 0.3 is 0 Å². The Morgan fingerprint density at radius 3 is 2.55 bits per heavy atom. The molecule has 0 saturated carbocycles. The third-order valence-corrected chi connectivity index (χ3v) is 1.92. The molecule has 0 spiro atoms. The fourth-order valence-corrected chi connectivity index (χ4v) is 1.23. The van der Waals surface area contributed by atoms with E-state index in [4.69, 9.17) is 11.6 Å². The number of aliphatic carboxylic acids is 1. The largest absolute Gasteiger partial charge is 0.550 e. The lowest BCUT2D eigenvalue weighted by atomic mass is 10.00. The van der Waals surface area contributed by atoms with Crippen molar-refractivity contribution in [3.63, 3.8) is 0 Å². The molecular formula is C8H14ClO2-. The highest BCUT2D eigenvalue weighted by molar-refractivity contribution is 6.17. The predicted molar refractivity (Wildman–Crippen MR) is 43.4 cm³/mol. The van der Waals surface area contributed by atoms with Crippen molar-refractivity contribution in [3.8, 4) is 0 Å². The first-order valence-corrected chi connectivity index (χ1v) is 4.52. The summed E-state index contributed by atoms with van der Waals surface area (Å²) in [7, 11) is 0. The van der Waals surface area contributed by atoms with Gasteiger partial charge in [0.05, 0.1) is 0 Å². The summed E-state index contributed by atoms with van der Waals surface area (Å²) in [6, 6.07) is 0. The van der Waals surface area contributed by atoms with Gasteiger partial charge < -0.3 is 9.90 Å². The second-order valence-corrected chi connectivity index (χ2v) is 3.01. The Balaban J connectivity index is 3.60. The van der Waals surface area contributed by atoms with Gasteiger partial charge in [-0.25, -0.2) is 0 Å². The normalized spacial score (nSPS) is 12.9. The topological polar surface area (TPSA) is 40.1 Å². The minimum Gasteiger partial charge on any atom is -0.550 e. The van der Waals surface area contributed by atoms with Crippen LogP contribution in [-0.4, -0.2) is 11.8 Å². The molecule has 1 atom stereocenters. The van der Waals surface area contributed by atoms with Crippen molar-refractivity contribution in [2.75, 3.05) is 5.88 Å². The van der Waals surface area contributed by atoms with E-state index in [-0.39, 0.29) is 5.92 Å². The average Bonchev–Trinajstić information content (AvgIpc) is 1.97. The van der Waals surface area contributed by atoms with Crippen LogP contribution in [0.5, 0.6) is 0 Å². The van der Waals surface area contributed by atoms with Crippen LogP contribution in [0.4, 0.5) is 0 Å². The second-order valence-electron chi connectivity index (χ2n) is 2.64. The summed E-state index contributed by atoms with van der Waals surface area (Å²) in [5, 5.41) is 10.4. The third-order valence-electron chi connectivity index (χ3n) is 1.70. The molecule has 0 aromatic carbocycles. The van der Waals surface area contributed by atoms with E-state index in [9.17, 15) is 9.90 Å². The Morgan fingerprint density at radius 1 is 1.55 bits per heavy atom. The molecule has 0 bridgehead atoms. The highest BCUT2D eigenvalue weighted by atomic mass is 35.5. The number of carbonyl (C=O) groups is 1. The first-order chi connectivity index (χ1) is 5.22. The molecule has 0 aliphatic rings. The molecule has 2 nitrogen and oxygen atoms in total. The third kappa shape index (κ3) is 5.08. The van der Waals surface area contributed by atoms with Crippen molar-refractivity contribution in [3.05, 3.63) is 0 Å². The second kappa shape index (κ2) is 6.47. The minimum absolute atomic E-state index is 0.340. The lowest BCUT2D eigenvalue weighted by Crippen LogP contribution is -2.31. The van der Waals surface area contributed by atoms with E-state index in [1.807, 2.05) is 6.92 Å². The average molecular weight is 178 g/mol. The number of halogens is 1.